The zero-order valence-electron chi connectivity index (χ0n) is 19.2. The molecule has 0 spiro atoms. The fourth-order valence-corrected chi connectivity index (χ4v) is 5.81. The third-order valence-corrected chi connectivity index (χ3v) is 7.89. The van der Waals surface area contributed by atoms with Gasteiger partial charge in [-0.3, -0.25) is 0 Å². The molecule has 0 bridgehead atoms. The zero-order valence-corrected chi connectivity index (χ0v) is 19.2. The molecular weight excluding hydrogens is 454 g/mol. The second kappa shape index (κ2) is 10.2. The Hall–Kier alpha value is -2.18. The number of hydrogen-bond donors (Lipinski definition) is 0. The number of halogens is 6. The van der Waals surface area contributed by atoms with Crippen LogP contribution in [0.3, 0.4) is 0 Å². The molecule has 0 N–H and O–H groups in total. The van der Waals surface area contributed by atoms with Crippen LogP contribution in [0.5, 0.6) is 5.75 Å². The third-order valence-electron chi connectivity index (χ3n) is 7.89. The van der Waals surface area contributed by atoms with Gasteiger partial charge in [0.05, 0.1) is 5.56 Å². The van der Waals surface area contributed by atoms with Crippen molar-refractivity contribution in [2.75, 3.05) is 0 Å². The van der Waals surface area contributed by atoms with Gasteiger partial charge in [-0.25, -0.2) is 17.6 Å². The first-order valence-corrected chi connectivity index (χ1v) is 12.2. The molecule has 0 heterocycles. The van der Waals surface area contributed by atoms with Crippen LogP contribution in [0.15, 0.2) is 30.3 Å². The van der Waals surface area contributed by atoms with Crippen LogP contribution in [-0.2, 0) is 6.11 Å². The van der Waals surface area contributed by atoms with E-state index in [0.29, 0.717) is 23.6 Å². The maximum atomic E-state index is 14.7. The van der Waals surface area contributed by atoms with E-state index in [4.69, 9.17) is 0 Å². The average Bonchev–Trinajstić information content (AvgIpc) is 2.82. The average molecular weight is 485 g/mol. The molecule has 7 heteroatoms. The van der Waals surface area contributed by atoms with Gasteiger partial charge in [0.15, 0.2) is 17.5 Å². The van der Waals surface area contributed by atoms with Gasteiger partial charge in [0.25, 0.3) is 0 Å². The number of rotatable bonds is 6. The summed E-state index contributed by atoms with van der Waals surface area (Å²) in [6, 6.07) is 4.13. The molecule has 2 aromatic carbocycles. The summed E-state index contributed by atoms with van der Waals surface area (Å²) in [5.74, 6) is -4.80. The van der Waals surface area contributed by atoms with Crippen LogP contribution >= 0.6 is 0 Å². The van der Waals surface area contributed by atoms with Gasteiger partial charge in [-0.1, -0.05) is 32.3 Å². The minimum atomic E-state index is -4.19. The monoisotopic (exact) mass is 484 g/mol. The topological polar surface area (TPSA) is 9.23 Å². The zero-order chi connectivity index (χ0) is 24.5. The Labute approximate surface area is 196 Å². The summed E-state index contributed by atoms with van der Waals surface area (Å²) in [5, 5.41) is 0. The first-order chi connectivity index (χ1) is 16.2. The molecule has 4 rings (SSSR count). The minimum Gasteiger partial charge on any atom is -0.429 e. The predicted molar refractivity (Wildman–Crippen MR) is 118 cm³/mol. The van der Waals surface area contributed by atoms with Crippen molar-refractivity contribution in [1.29, 1.82) is 0 Å². The Kier molecular flexibility index (Phi) is 7.48. The molecule has 0 atom stereocenters. The summed E-state index contributed by atoms with van der Waals surface area (Å²) in [7, 11) is 0. The molecule has 2 fully saturated rings. The van der Waals surface area contributed by atoms with Gasteiger partial charge < -0.3 is 4.74 Å². The number of hydrogen-bond acceptors (Lipinski definition) is 1. The van der Waals surface area contributed by atoms with Crippen LogP contribution in [-0.4, -0.2) is 0 Å². The van der Waals surface area contributed by atoms with Gasteiger partial charge in [-0.15, -0.1) is 0 Å². The maximum absolute atomic E-state index is 14.7. The number of ether oxygens (including phenoxy) is 1. The number of alkyl halides is 2. The van der Waals surface area contributed by atoms with E-state index in [0.717, 1.165) is 49.7 Å². The van der Waals surface area contributed by atoms with Crippen molar-refractivity contribution >= 4 is 0 Å². The fraction of sp³-hybridized carbons (Fsp3) is 0.556. The normalized spacial score (nSPS) is 25.9. The van der Waals surface area contributed by atoms with Crippen LogP contribution in [0.1, 0.15) is 81.8 Å². The predicted octanol–water partition coefficient (Wildman–Crippen LogP) is 8.86. The van der Waals surface area contributed by atoms with E-state index in [9.17, 15) is 26.3 Å². The van der Waals surface area contributed by atoms with Crippen molar-refractivity contribution in [3.05, 3.63) is 64.7 Å². The van der Waals surface area contributed by atoms with Crippen molar-refractivity contribution < 1.29 is 31.1 Å². The third kappa shape index (κ3) is 5.38. The Morgan fingerprint density at radius 3 is 1.85 bits per heavy atom. The first kappa shape index (κ1) is 24.9. The van der Waals surface area contributed by atoms with Crippen LogP contribution in [0.2, 0.25) is 0 Å². The summed E-state index contributed by atoms with van der Waals surface area (Å²) in [6.07, 6.45) is 6.19. The quantitative estimate of drug-likeness (QED) is 0.294. The van der Waals surface area contributed by atoms with Crippen molar-refractivity contribution in [3.8, 4) is 5.75 Å². The molecule has 0 amide bonds. The molecule has 2 saturated carbocycles. The molecule has 0 aromatic heterocycles. The highest BCUT2D eigenvalue weighted by atomic mass is 19.3. The van der Waals surface area contributed by atoms with E-state index in [-0.39, 0.29) is 5.92 Å². The van der Waals surface area contributed by atoms with E-state index in [1.165, 1.54) is 38.2 Å². The molecule has 0 aliphatic heterocycles. The Morgan fingerprint density at radius 1 is 0.765 bits per heavy atom. The van der Waals surface area contributed by atoms with E-state index >= 15 is 0 Å². The standard InChI is InChI=1S/C27H30F6O/c1-2-16-3-5-17(6-4-16)18-7-9-19(10-8-18)20-11-12-22(23(28)13-20)27(32,33)34-21-14-24(29)26(31)25(30)15-21/h11-19H,2-10H2,1H3/t16-,17-,18?,19?. The largest absolute Gasteiger partial charge is 0.429 e. The van der Waals surface area contributed by atoms with E-state index in [2.05, 4.69) is 11.7 Å². The van der Waals surface area contributed by atoms with Crippen LogP contribution in [0.25, 0.3) is 0 Å². The van der Waals surface area contributed by atoms with E-state index in [1.807, 2.05) is 0 Å². The van der Waals surface area contributed by atoms with Crippen LogP contribution in [0, 0.1) is 41.0 Å². The maximum Gasteiger partial charge on any atom is 0.429 e. The first-order valence-electron chi connectivity index (χ1n) is 12.2. The Bertz CT molecular complexity index is 968. The highest BCUT2D eigenvalue weighted by molar-refractivity contribution is 5.31. The lowest BCUT2D eigenvalue weighted by molar-refractivity contribution is -0.187. The second-order valence-corrected chi connectivity index (χ2v) is 9.86. The van der Waals surface area contributed by atoms with E-state index in [1.54, 1.807) is 0 Å². The summed E-state index contributed by atoms with van der Waals surface area (Å²) in [4.78, 5) is 0. The van der Waals surface area contributed by atoms with E-state index < -0.39 is 40.7 Å². The summed E-state index contributed by atoms with van der Waals surface area (Å²) in [6.45, 7) is 2.25. The Balaban J connectivity index is 1.39. The fourth-order valence-electron chi connectivity index (χ4n) is 5.81. The molecule has 1 nitrogen and oxygen atoms in total. The molecule has 0 saturated heterocycles. The lowest BCUT2D eigenvalue weighted by atomic mass is 9.68. The van der Waals surface area contributed by atoms with Gasteiger partial charge >= 0.3 is 6.11 Å². The van der Waals surface area contributed by atoms with Gasteiger partial charge in [-0.05, 0) is 79.9 Å². The SMILES string of the molecule is CC[C@H]1CC[C@H](C2CCC(c3ccc(C(F)(F)Oc4cc(F)c(F)c(F)c4)c(F)c3)CC2)CC1. The van der Waals surface area contributed by atoms with Gasteiger partial charge in [0.2, 0.25) is 0 Å². The van der Waals surface area contributed by atoms with Gasteiger partial charge in [0.1, 0.15) is 11.6 Å². The molecule has 34 heavy (non-hydrogen) atoms. The minimum absolute atomic E-state index is 0.113. The van der Waals surface area contributed by atoms with Gasteiger partial charge in [0, 0.05) is 12.1 Å². The molecular formula is C27H30F6O. The second-order valence-electron chi connectivity index (χ2n) is 9.86. The Morgan fingerprint density at radius 2 is 1.32 bits per heavy atom. The van der Waals surface area contributed by atoms with Gasteiger partial charge in [-0.2, -0.15) is 8.78 Å². The summed E-state index contributed by atoms with van der Waals surface area (Å²) < 4.78 is 87.8. The highest BCUT2D eigenvalue weighted by Crippen LogP contribution is 2.45. The highest BCUT2D eigenvalue weighted by Gasteiger charge is 2.39. The van der Waals surface area contributed by atoms with Crippen LogP contribution in [0.4, 0.5) is 26.3 Å². The molecule has 0 radical (unpaired) electrons. The smallest absolute Gasteiger partial charge is 0.429 e. The summed E-state index contributed by atoms with van der Waals surface area (Å²) >= 11 is 0. The lowest BCUT2D eigenvalue weighted by Crippen LogP contribution is -2.26. The van der Waals surface area contributed by atoms with Crippen molar-refractivity contribution in [2.24, 2.45) is 17.8 Å². The molecule has 0 unspecified atom stereocenters. The summed E-state index contributed by atoms with van der Waals surface area (Å²) in [5.41, 5.74) is -0.369. The van der Waals surface area contributed by atoms with Crippen molar-refractivity contribution in [3.63, 3.8) is 0 Å². The van der Waals surface area contributed by atoms with Crippen LogP contribution < -0.4 is 4.74 Å². The lowest BCUT2D eigenvalue weighted by Gasteiger charge is -2.38. The molecule has 186 valence electrons. The molecule has 2 aliphatic rings. The molecule has 2 aliphatic carbocycles. The molecule has 2 aromatic rings. The van der Waals surface area contributed by atoms with Crippen molar-refractivity contribution in [2.45, 2.75) is 76.7 Å². The number of benzene rings is 2. The van der Waals surface area contributed by atoms with Crippen molar-refractivity contribution in [1.82, 2.24) is 0 Å².